The Kier molecular flexibility index (Phi) is 3.88. The SMILES string of the molecule is CC(NCC1CCSC1)C(=O)O. The number of hydrogen-bond acceptors (Lipinski definition) is 3. The summed E-state index contributed by atoms with van der Waals surface area (Å²) in [6.45, 7) is 2.53. The van der Waals surface area contributed by atoms with Crippen LogP contribution in [0.1, 0.15) is 13.3 Å². The number of thioether (sulfide) groups is 1. The molecule has 0 aromatic carbocycles. The first-order valence-corrected chi connectivity index (χ1v) is 5.39. The van der Waals surface area contributed by atoms with Gasteiger partial charge in [-0.05, 0) is 37.3 Å². The van der Waals surface area contributed by atoms with Gasteiger partial charge in [-0.25, -0.2) is 0 Å². The lowest BCUT2D eigenvalue weighted by atomic mass is 10.1. The molecule has 1 rings (SSSR count). The molecule has 1 aliphatic rings. The highest BCUT2D eigenvalue weighted by Crippen LogP contribution is 2.22. The summed E-state index contributed by atoms with van der Waals surface area (Å²) in [4.78, 5) is 10.4. The number of nitrogens with one attached hydrogen (secondary N) is 1. The van der Waals surface area contributed by atoms with Gasteiger partial charge in [0.2, 0.25) is 0 Å². The molecule has 0 bridgehead atoms. The van der Waals surface area contributed by atoms with Gasteiger partial charge in [0.25, 0.3) is 0 Å². The minimum absolute atomic E-state index is 0.407. The predicted molar refractivity (Wildman–Crippen MR) is 50.5 cm³/mol. The molecule has 0 spiro atoms. The van der Waals surface area contributed by atoms with E-state index in [1.807, 2.05) is 11.8 Å². The van der Waals surface area contributed by atoms with Gasteiger partial charge in [-0.2, -0.15) is 11.8 Å². The van der Waals surface area contributed by atoms with Crippen molar-refractivity contribution in [1.82, 2.24) is 5.32 Å². The molecule has 0 aliphatic carbocycles. The molecule has 3 nitrogen and oxygen atoms in total. The van der Waals surface area contributed by atoms with Gasteiger partial charge in [0.05, 0.1) is 0 Å². The van der Waals surface area contributed by atoms with Crippen LogP contribution in [0.2, 0.25) is 0 Å². The summed E-state index contributed by atoms with van der Waals surface area (Å²) in [7, 11) is 0. The summed E-state index contributed by atoms with van der Waals surface area (Å²) < 4.78 is 0. The maximum Gasteiger partial charge on any atom is 0.320 e. The van der Waals surface area contributed by atoms with Crippen LogP contribution in [0, 0.1) is 5.92 Å². The Balaban J connectivity index is 2.11. The fraction of sp³-hybridized carbons (Fsp3) is 0.875. The van der Waals surface area contributed by atoms with E-state index in [9.17, 15) is 4.79 Å². The fourth-order valence-electron chi connectivity index (χ4n) is 1.18. The summed E-state index contributed by atoms with van der Waals surface area (Å²) in [6.07, 6.45) is 1.23. The number of aliphatic carboxylic acids is 1. The van der Waals surface area contributed by atoms with E-state index >= 15 is 0 Å². The van der Waals surface area contributed by atoms with E-state index in [1.165, 1.54) is 17.9 Å². The molecule has 1 saturated heterocycles. The van der Waals surface area contributed by atoms with Crippen LogP contribution in [0.25, 0.3) is 0 Å². The highest BCUT2D eigenvalue weighted by atomic mass is 32.2. The molecule has 0 saturated carbocycles. The molecule has 2 atom stereocenters. The standard InChI is InChI=1S/C8H15NO2S/c1-6(8(10)11)9-4-7-2-3-12-5-7/h6-7,9H,2-5H2,1H3,(H,10,11). The van der Waals surface area contributed by atoms with Gasteiger partial charge in [0.15, 0.2) is 0 Å². The zero-order valence-corrected chi connectivity index (χ0v) is 8.06. The Morgan fingerprint density at radius 1 is 1.83 bits per heavy atom. The minimum Gasteiger partial charge on any atom is -0.480 e. The van der Waals surface area contributed by atoms with Crippen molar-refractivity contribution in [1.29, 1.82) is 0 Å². The molecule has 0 amide bonds. The van der Waals surface area contributed by atoms with Crippen molar-refractivity contribution in [3.8, 4) is 0 Å². The summed E-state index contributed by atoms with van der Waals surface area (Å²) in [5, 5.41) is 11.6. The number of rotatable bonds is 4. The molecule has 1 fully saturated rings. The molecule has 1 aliphatic heterocycles. The molecule has 4 heteroatoms. The summed E-state index contributed by atoms with van der Waals surface area (Å²) in [6, 6.07) is -0.407. The van der Waals surface area contributed by atoms with E-state index < -0.39 is 12.0 Å². The second kappa shape index (κ2) is 4.72. The first-order chi connectivity index (χ1) is 5.70. The first-order valence-electron chi connectivity index (χ1n) is 4.24. The molecule has 0 aromatic heterocycles. The van der Waals surface area contributed by atoms with E-state index in [1.54, 1.807) is 6.92 Å². The smallest absolute Gasteiger partial charge is 0.320 e. The van der Waals surface area contributed by atoms with Crippen molar-refractivity contribution < 1.29 is 9.90 Å². The zero-order valence-electron chi connectivity index (χ0n) is 7.25. The normalized spacial score (nSPS) is 25.6. The van der Waals surface area contributed by atoms with Crippen molar-refractivity contribution in [2.45, 2.75) is 19.4 Å². The topological polar surface area (TPSA) is 49.3 Å². The molecular weight excluding hydrogens is 174 g/mol. The molecule has 1 heterocycles. The molecule has 2 unspecified atom stereocenters. The third-order valence-electron chi connectivity index (χ3n) is 2.11. The number of carboxylic acid groups (broad SMARTS) is 1. The van der Waals surface area contributed by atoms with Crippen LogP contribution < -0.4 is 5.32 Å². The second-order valence-corrected chi connectivity index (χ2v) is 4.35. The van der Waals surface area contributed by atoms with Crippen molar-refractivity contribution in [2.75, 3.05) is 18.1 Å². The van der Waals surface area contributed by atoms with E-state index in [4.69, 9.17) is 5.11 Å². The van der Waals surface area contributed by atoms with Gasteiger partial charge < -0.3 is 10.4 Å². The van der Waals surface area contributed by atoms with Crippen molar-refractivity contribution in [2.24, 2.45) is 5.92 Å². The quantitative estimate of drug-likeness (QED) is 0.687. The highest BCUT2D eigenvalue weighted by molar-refractivity contribution is 7.99. The molecule has 2 N–H and O–H groups in total. The maximum absolute atomic E-state index is 10.4. The van der Waals surface area contributed by atoms with E-state index in [2.05, 4.69) is 5.32 Å². The van der Waals surface area contributed by atoms with Crippen LogP contribution in [0.5, 0.6) is 0 Å². The van der Waals surface area contributed by atoms with Crippen molar-refractivity contribution in [3.63, 3.8) is 0 Å². The van der Waals surface area contributed by atoms with E-state index in [0.717, 1.165) is 6.54 Å². The van der Waals surface area contributed by atoms with Crippen molar-refractivity contribution >= 4 is 17.7 Å². The van der Waals surface area contributed by atoms with E-state index in [-0.39, 0.29) is 0 Å². The average Bonchev–Trinajstić information content (AvgIpc) is 2.51. The largest absolute Gasteiger partial charge is 0.480 e. The van der Waals surface area contributed by atoms with Gasteiger partial charge in [0, 0.05) is 0 Å². The number of hydrogen-bond donors (Lipinski definition) is 2. The van der Waals surface area contributed by atoms with Crippen molar-refractivity contribution in [3.05, 3.63) is 0 Å². The molecule has 0 radical (unpaired) electrons. The first kappa shape index (κ1) is 9.86. The second-order valence-electron chi connectivity index (χ2n) is 3.20. The Morgan fingerprint density at radius 2 is 2.58 bits per heavy atom. The summed E-state index contributed by atoms with van der Waals surface area (Å²) in [5.74, 6) is 2.32. The minimum atomic E-state index is -0.763. The summed E-state index contributed by atoms with van der Waals surface area (Å²) >= 11 is 1.95. The Labute approximate surface area is 76.9 Å². The third-order valence-corrected chi connectivity index (χ3v) is 3.34. The van der Waals surface area contributed by atoms with E-state index in [0.29, 0.717) is 5.92 Å². The van der Waals surface area contributed by atoms with Gasteiger partial charge in [-0.1, -0.05) is 0 Å². The monoisotopic (exact) mass is 189 g/mol. The lowest BCUT2D eigenvalue weighted by Crippen LogP contribution is -2.37. The lowest BCUT2D eigenvalue weighted by molar-refractivity contribution is -0.139. The maximum atomic E-state index is 10.4. The van der Waals surface area contributed by atoms with Gasteiger partial charge >= 0.3 is 5.97 Å². The van der Waals surface area contributed by atoms with Crippen LogP contribution >= 0.6 is 11.8 Å². The molecule has 12 heavy (non-hydrogen) atoms. The average molecular weight is 189 g/mol. The zero-order chi connectivity index (χ0) is 8.97. The highest BCUT2D eigenvalue weighted by Gasteiger charge is 2.17. The van der Waals surface area contributed by atoms with Crippen LogP contribution in [0.3, 0.4) is 0 Å². The molecule has 0 aromatic rings. The van der Waals surface area contributed by atoms with Crippen LogP contribution in [-0.2, 0) is 4.79 Å². The number of carboxylic acids is 1. The molecular formula is C8H15NO2S. The predicted octanol–water partition coefficient (Wildman–Crippen LogP) is 0.802. The Bertz CT molecular complexity index is 157. The van der Waals surface area contributed by atoms with Gasteiger partial charge in [-0.3, -0.25) is 4.79 Å². The summed E-state index contributed by atoms with van der Waals surface area (Å²) in [5.41, 5.74) is 0. The third kappa shape index (κ3) is 3.03. The van der Waals surface area contributed by atoms with Crippen LogP contribution in [-0.4, -0.2) is 35.2 Å². The Hall–Kier alpha value is -0.220. The lowest BCUT2D eigenvalue weighted by Gasteiger charge is -2.12. The fourth-order valence-corrected chi connectivity index (χ4v) is 2.46. The molecule has 70 valence electrons. The van der Waals surface area contributed by atoms with Gasteiger partial charge in [-0.15, -0.1) is 0 Å². The van der Waals surface area contributed by atoms with Crippen LogP contribution in [0.15, 0.2) is 0 Å². The van der Waals surface area contributed by atoms with Gasteiger partial charge in [0.1, 0.15) is 6.04 Å². The Morgan fingerprint density at radius 3 is 3.08 bits per heavy atom. The van der Waals surface area contributed by atoms with Crippen LogP contribution in [0.4, 0.5) is 0 Å². The number of carbonyl (C=O) groups is 1.